The Morgan fingerprint density at radius 1 is 0.737 bits per heavy atom. The molecule has 6 rings (SSSR count). The van der Waals surface area contributed by atoms with Crippen molar-refractivity contribution in [2.45, 2.75) is 89.1 Å². The van der Waals surface area contributed by atoms with E-state index in [-0.39, 0.29) is 35.6 Å². The zero-order valence-corrected chi connectivity index (χ0v) is 28.1. The summed E-state index contributed by atoms with van der Waals surface area (Å²) in [7, 11) is 0. The smallest absolute Gasteiger partial charge is 1.00 e. The van der Waals surface area contributed by atoms with Gasteiger partial charge in [0, 0.05) is 0 Å². The van der Waals surface area contributed by atoms with Crippen LogP contribution in [0.2, 0.25) is 0 Å². The molecule has 0 atom stereocenters. The standard InChI is InChI=1S/C27H29.C5H5.C3H6.2ClH.Zr/c1-16-7-9-26(3,4)24-12-18-11-19-13-25-21(17(2)8-10-27(25,5)6)15-23(19)22(18)14-20(16)24;1-2-4-5-3-1;1-3-2;;;/h7-8,11-15H,9-10H2,1-6H3;1-3H,4H2;1-2H3;2*1H;/q;;;;;+2/p-2. The molecule has 0 nitrogen and oxygen atoms in total. The quantitative estimate of drug-likeness (QED) is 0.481. The zero-order valence-electron chi connectivity index (χ0n) is 24.2. The summed E-state index contributed by atoms with van der Waals surface area (Å²) in [6.07, 6.45) is 15.5. The first-order valence-corrected chi connectivity index (χ1v) is 17.6. The van der Waals surface area contributed by atoms with Crippen molar-refractivity contribution >= 4 is 14.4 Å². The molecule has 2 aromatic rings. The molecular formula is C35H40Cl2Zr. The molecule has 4 aliphatic carbocycles. The molecule has 38 heavy (non-hydrogen) atoms. The van der Waals surface area contributed by atoms with Crippen LogP contribution >= 0.6 is 0 Å². The second-order valence-corrected chi connectivity index (χ2v) is 20.6. The summed E-state index contributed by atoms with van der Waals surface area (Å²) in [6.45, 7) is 19.3. The Kier molecular flexibility index (Phi) is 8.04. The fourth-order valence-electron chi connectivity index (χ4n) is 7.13. The Bertz CT molecular complexity index is 1400. The molecule has 0 heterocycles. The van der Waals surface area contributed by atoms with Gasteiger partial charge in [-0.2, -0.15) is 0 Å². The molecule has 0 N–H and O–H groups in total. The summed E-state index contributed by atoms with van der Waals surface area (Å²) in [6, 6.07) is 10.5. The Labute approximate surface area is 250 Å². The van der Waals surface area contributed by atoms with Crippen LogP contribution in [-0.2, 0) is 32.1 Å². The number of allylic oxidation sites excluding steroid dienone is 8. The fraction of sp³-hybridized carbons (Fsp3) is 0.400. The molecule has 0 amide bonds. The van der Waals surface area contributed by atoms with Crippen molar-refractivity contribution in [2.24, 2.45) is 0 Å². The minimum Gasteiger partial charge on any atom is -1.00 e. The molecule has 0 bridgehead atoms. The number of hydrogen-bond acceptors (Lipinski definition) is 0. The molecule has 0 saturated heterocycles. The van der Waals surface area contributed by atoms with Gasteiger partial charge in [-0.05, 0) is 0 Å². The maximum atomic E-state index is 2.67. The molecule has 0 radical (unpaired) electrons. The Morgan fingerprint density at radius 3 is 1.61 bits per heavy atom. The van der Waals surface area contributed by atoms with Crippen molar-refractivity contribution in [3.63, 3.8) is 0 Å². The van der Waals surface area contributed by atoms with Crippen LogP contribution in [0.3, 0.4) is 0 Å². The van der Waals surface area contributed by atoms with E-state index >= 15 is 0 Å². The van der Waals surface area contributed by atoms with Crippen molar-refractivity contribution in [3.05, 3.63) is 91.3 Å². The van der Waals surface area contributed by atoms with Crippen molar-refractivity contribution in [1.82, 2.24) is 0 Å². The topological polar surface area (TPSA) is 0 Å². The SMILES string of the molecule is CC1=CCC(C)(C)c2cc3c(cc21)-c1cc2c(cc1[CH]3[Zr+2]([C]1=CC=CC1)=[C](C)C)C(C)(C)CC=C2C.[Cl-].[Cl-]. The van der Waals surface area contributed by atoms with Crippen molar-refractivity contribution in [2.75, 3.05) is 0 Å². The Hall–Kier alpha value is -1.27. The van der Waals surface area contributed by atoms with E-state index in [0.29, 0.717) is 3.63 Å². The number of benzene rings is 2. The van der Waals surface area contributed by atoms with Gasteiger partial charge in [-0.3, -0.25) is 0 Å². The van der Waals surface area contributed by atoms with E-state index in [9.17, 15) is 0 Å². The van der Waals surface area contributed by atoms with Crippen LogP contribution in [0.5, 0.6) is 0 Å². The number of rotatable bonds is 2. The predicted molar refractivity (Wildman–Crippen MR) is 155 cm³/mol. The van der Waals surface area contributed by atoms with Gasteiger partial charge in [0.25, 0.3) is 0 Å². The maximum absolute atomic E-state index is 2.67. The van der Waals surface area contributed by atoms with Crippen LogP contribution in [0.15, 0.2) is 57.9 Å². The van der Waals surface area contributed by atoms with Gasteiger partial charge < -0.3 is 24.8 Å². The summed E-state index contributed by atoms with van der Waals surface area (Å²) < 4.78 is 4.06. The molecular weight excluding hydrogens is 583 g/mol. The molecule has 2 aromatic carbocycles. The molecule has 3 heteroatoms. The zero-order chi connectivity index (χ0) is 25.6. The summed E-state index contributed by atoms with van der Waals surface area (Å²) >= 11 is -2.15. The van der Waals surface area contributed by atoms with Crippen LogP contribution in [-0.4, -0.2) is 3.21 Å². The van der Waals surface area contributed by atoms with Crippen molar-refractivity contribution < 1.29 is 46.1 Å². The molecule has 0 unspecified atom stereocenters. The van der Waals surface area contributed by atoms with Crippen LogP contribution in [0, 0.1) is 0 Å². The van der Waals surface area contributed by atoms with Crippen molar-refractivity contribution in [3.8, 4) is 11.1 Å². The maximum Gasteiger partial charge on any atom is -1.00 e. The average molecular weight is 623 g/mol. The minimum absolute atomic E-state index is 0. The van der Waals surface area contributed by atoms with E-state index in [0.717, 1.165) is 19.3 Å². The monoisotopic (exact) mass is 620 g/mol. The van der Waals surface area contributed by atoms with Gasteiger partial charge in [-0.1, -0.05) is 0 Å². The second kappa shape index (κ2) is 10.3. The second-order valence-electron chi connectivity index (χ2n) is 13.1. The van der Waals surface area contributed by atoms with E-state index in [1.165, 1.54) is 33.4 Å². The average Bonchev–Trinajstić information content (AvgIpc) is 3.45. The normalized spacial score (nSPS) is 19.3. The van der Waals surface area contributed by atoms with Gasteiger partial charge >= 0.3 is 227 Å². The van der Waals surface area contributed by atoms with E-state index in [2.05, 4.69) is 110 Å². The van der Waals surface area contributed by atoms with E-state index in [4.69, 9.17) is 0 Å². The van der Waals surface area contributed by atoms with Crippen molar-refractivity contribution in [1.29, 1.82) is 0 Å². The van der Waals surface area contributed by atoms with E-state index in [1.807, 2.05) is 0 Å². The number of halogens is 2. The van der Waals surface area contributed by atoms with Gasteiger partial charge in [0.05, 0.1) is 0 Å². The first kappa shape index (κ1) is 29.7. The summed E-state index contributed by atoms with van der Waals surface area (Å²) in [5, 5.41) is 0. The van der Waals surface area contributed by atoms with Gasteiger partial charge in [0.1, 0.15) is 0 Å². The van der Waals surface area contributed by atoms with E-state index in [1.54, 1.807) is 28.7 Å². The van der Waals surface area contributed by atoms with Gasteiger partial charge in [0.2, 0.25) is 0 Å². The third-order valence-electron chi connectivity index (χ3n) is 9.38. The molecule has 0 aromatic heterocycles. The van der Waals surface area contributed by atoms with E-state index < -0.39 is 21.3 Å². The molecule has 0 saturated carbocycles. The first-order valence-electron chi connectivity index (χ1n) is 13.7. The fourth-order valence-corrected chi connectivity index (χ4v) is 15.2. The summed E-state index contributed by atoms with van der Waals surface area (Å²) in [5.74, 6) is 0. The van der Waals surface area contributed by atoms with Gasteiger partial charge in [0.15, 0.2) is 0 Å². The third-order valence-corrected chi connectivity index (χ3v) is 17.6. The Morgan fingerprint density at radius 2 is 1.21 bits per heavy atom. The predicted octanol–water partition coefficient (Wildman–Crippen LogP) is 3.61. The van der Waals surface area contributed by atoms with Crippen LogP contribution in [0.1, 0.15) is 112 Å². The molecule has 0 spiro atoms. The Balaban J connectivity index is 0.00000168. The summed E-state index contributed by atoms with van der Waals surface area (Å²) in [4.78, 5) is 0. The van der Waals surface area contributed by atoms with Crippen LogP contribution < -0.4 is 24.8 Å². The molecule has 0 aliphatic heterocycles. The minimum atomic E-state index is -2.15. The van der Waals surface area contributed by atoms with Crippen LogP contribution in [0.25, 0.3) is 22.3 Å². The number of hydrogen-bond donors (Lipinski definition) is 0. The first-order chi connectivity index (χ1) is 17.0. The molecule has 4 aliphatic rings. The van der Waals surface area contributed by atoms with Gasteiger partial charge in [-0.25, -0.2) is 0 Å². The molecule has 0 fully saturated rings. The van der Waals surface area contributed by atoms with Crippen LogP contribution in [0.4, 0.5) is 0 Å². The summed E-state index contributed by atoms with van der Waals surface area (Å²) in [5.41, 5.74) is 15.7. The molecule has 198 valence electrons. The van der Waals surface area contributed by atoms with Gasteiger partial charge in [-0.15, -0.1) is 0 Å². The number of fused-ring (bicyclic) bond motifs is 5. The largest absolute Gasteiger partial charge is 1.00 e. The third kappa shape index (κ3) is 4.50.